The lowest BCUT2D eigenvalue weighted by Gasteiger charge is -2.25. The van der Waals surface area contributed by atoms with E-state index in [1.54, 1.807) is 17.5 Å². The van der Waals surface area contributed by atoms with Gasteiger partial charge in [-0.2, -0.15) is 0 Å². The van der Waals surface area contributed by atoms with Gasteiger partial charge in [0.05, 0.1) is 10.6 Å². The Morgan fingerprint density at radius 2 is 2.20 bits per heavy atom. The average molecular weight is 286 g/mol. The van der Waals surface area contributed by atoms with E-state index < -0.39 is 0 Å². The van der Waals surface area contributed by atoms with Crippen molar-refractivity contribution in [2.75, 3.05) is 0 Å². The van der Waals surface area contributed by atoms with E-state index in [1.165, 1.54) is 9.75 Å². The predicted octanol–water partition coefficient (Wildman–Crippen LogP) is 4.46. The molecule has 2 aromatic heterocycles. The second-order valence-electron chi connectivity index (χ2n) is 5.26. The Kier molecular flexibility index (Phi) is 3.34. The Bertz CT molecular complexity index is 635. The van der Waals surface area contributed by atoms with Crippen molar-refractivity contribution in [3.63, 3.8) is 0 Å². The first-order valence-electron chi connectivity index (χ1n) is 6.91. The molecule has 0 aliphatic carbocycles. The SMILES string of the molecule is CCC1=NOC(C)(c2ccc(-c3cccnc3)s2)C1C. The number of hydrogen-bond acceptors (Lipinski definition) is 4. The number of oxime groups is 1. The van der Waals surface area contributed by atoms with Gasteiger partial charge in [-0.25, -0.2) is 0 Å². The van der Waals surface area contributed by atoms with Gasteiger partial charge in [-0.05, 0) is 31.5 Å². The quantitative estimate of drug-likeness (QED) is 0.835. The normalized spacial score (nSPS) is 25.4. The molecule has 0 saturated carbocycles. The van der Waals surface area contributed by atoms with Crippen LogP contribution in [0.25, 0.3) is 10.4 Å². The molecule has 2 unspecified atom stereocenters. The summed E-state index contributed by atoms with van der Waals surface area (Å²) in [5.41, 5.74) is 1.95. The first-order valence-corrected chi connectivity index (χ1v) is 7.72. The van der Waals surface area contributed by atoms with E-state index in [1.807, 2.05) is 12.3 Å². The van der Waals surface area contributed by atoms with Crippen molar-refractivity contribution >= 4 is 17.0 Å². The fourth-order valence-electron chi connectivity index (χ4n) is 2.53. The minimum absolute atomic E-state index is 0.313. The summed E-state index contributed by atoms with van der Waals surface area (Å²) in [6.45, 7) is 6.45. The Morgan fingerprint density at radius 1 is 1.35 bits per heavy atom. The van der Waals surface area contributed by atoms with Gasteiger partial charge in [-0.15, -0.1) is 11.3 Å². The fraction of sp³-hybridized carbons (Fsp3) is 0.375. The summed E-state index contributed by atoms with van der Waals surface area (Å²) in [6.07, 6.45) is 4.63. The van der Waals surface area contributed by atoms with Crippen LogP contribution < -0.4 is 0 Å². The fourth-order valence-corrected chi connectivity index (χ4v) is 3.69. The van der Waals surface area contributed by atoms with Crippen LogP contribution in [-0.2, 0) is 10.4 Å². The lowest BCUT2D eigenvalue weighted by Crippen LogP contribution is -2.30. The minimum Gasteiger partial charge on any atom is -0.383 e. The van der Waals surface area contributed by atoms with Crippen molar-refractivity contribution in [3.05, 3.63) is 41.5 Å². The molecule has 0 N–H and O–H groups in total. The van der Waals surface area contributed by atoms with Crippen molar-refractivity contribution in [2.45, 2.75) is 32.8 Å². The molecule has 0 fully saturated rings. The Labute approximate surface area is 123 Å². The molecule has 0 amide bonds. The van der Waals surface area contributed by atoms with Crippen molar-refractivity contribution in [3.8, 4) is 10.4 Å². The van der Waals surface area contributed by atoms with Crippen LogP contribution in [0, 0.1) is 5.92 Å². The largest absolute Gasteiger partial charge is 0.383 e. The van der Waals surface area contributed by atoms with Crippen molar-refractivity contribution in [1.82, 2.24) is 4.98 Å². The maximum Gasteiger partial charge on any atom is 0.176 e. The first-order chi connectivity index (χ1) is 9.65. The number of nitrogens with zero attached hydrogens (tertiary/aromatic N) is 2. The minimum atomic E-state index is -0.337. The van der Waals surface area contributed by atoms with Crippen LogP contribution in [0.15, 0.2) is 41.8 Å². The van der Waals surface area contributed by atoms with Gasteiger partial charge >= 0.3 is 0 Å². The molecule has 0 bridgehead atoms. The molecule has 1 aliphatic heterocycles. The lowest BCUT2D eigenvalue weighted by molar-refractivity contribution is -0.0279. The highest BCUT2D eigenvalue weighted by Gasteiger charge is 2.44. The summed E-state index contributed by atoms with van der Waals surface area (Å²) < 4.78 is 0. The molecule has 0 radical (unpaired) electrons. The van der Waals surface area contributed by atoms with Gasteiger partial charge < -0.3 is 4.84 Å². The Hall–Kier alpha value is -1.68. The van der Waals surface area contributed by atoms with E-state index in [0.717, 1.165) is 17.7 Å². The van der Waals surface area contributed by atoms with Crippen LogP contribution in [0.1, 0.15) is 32.1 Å². The standard InChI is InChI=1S/C16H18N2OS/c1-4-13-11(2)16(3,19-18-13)15-8-7-14(20-15)12-6-5-9-17-10-12/h5-11H,4H2,1-3H3. The van der Waals surface area contributed by atoms with Crippen molar-refractivity contribution < 1.29 is 4.84 Å². The van der Waals surface area contributed by atoms with Crippen LogP contribution in [0.3, 0.4) is 0 Å². The number of pyridine rings is 1. The second kappa shape index (κ2) is 5.02. The smallest absolute Gasteiger partial charge is 0.176 e. The zero-order valence-corrected chi connectivity index (χ0v) is 12.8. The average Bonchev–Trinajstić information content (AvgIpc) is 3.08. The molecular formula is C16H18N2OS. The molecule has 104 valence electrons. The highest BCUT2D eigenvalue weighted by atomic mass is 32.1. The summed E-state index contributed by atoms with van der Waals surface area (Å²) >= 11 is 1.76. The highest BCUT2D eigenvalue weighted by molar-refractivity contribution is 7.15. The molecule has 0 spiro atoms. The maximum absolute atomic E-state index is 5.77. The molecule has 20 heavy (non-hydrogen) atoms. The van der Waals surface area contributed by atoms with E-state index in [9.17, 15) is 0 Å². The molecule has 2 aromatic rings. The zero-order chi connectivity index (χ0) is 14.2. The van der Waals surface area contributed by atoms with Gasteiger partial charge in [0.15, 0.2) is 5.60 Å². The van der Waals surface area contributed by atoms with Crippen LogP contribution in [0.2, 0.25) is 0 Å². The van der Waals surface area contributed by atoms with E-state index in [-0.39, 0.29) is 5.60 Å². The van der Waals surface area contributed by atoms with Crippen LogP contribution >= 0.6 is 11.3 Å². The van der Waals surface area contributed by atoms with Gasteiger partial charge in [0.1, 0.15) is 0 Å². The van der Waals surface area contributed by atoms with Crippen LogP contribution in [-0.4, -0.2) is 10.7 Å². The van der Waals surface area contributed by atoms with Gasteiger partial charge in [-0.1, -0.05) is 25.1 Å². The highest BCUT2D eigenvalue weighted by Crippen LogP contribution is 2.44. The third-order valence-electron chi connectivity index (χ3n) is 4.08. The number of rotatable bonds is 3. The molecule has 0 aromatic carbocycles. The first kappa shape index (κ1) is 13.3. The van der Waals surface area contributed by atoms with Crippen molar-refractivity contribution in [2.24, 2.45) is 11.1 Å². The van der Waals surface area contributed by atoms with E-state index in [0.29, 0.717) is 5.92 Å². The molecule has 0 saturated heterocycles. The topological polar surface area (TPSA) is 34.5 Å². The van der Waals surface area contributed by atoms with E-state index in [4.69, 9.17) is 4.84 Å². The molecule has 2 atom stereocenters. The summed E-state index contributed by atoms with van der Waals surface area (Å²) in [5, 5.41) is 4.26. The van der Waals surface area contributed by atoms with Gasteiger partial charge in [0.2, 0.25) is 0 Å². The molecule has 3 nitrogen and oxygen atoms in total. The predicted molar refractivity (Wildman–Crippen MR) is 82.9 cm³/mol. The maximum atomic E-state index is 5.77. The molecule has 1 aliphatic rings. The molecule has 3 rings (SSSR count). The monoisotopic (exact) mass is 286 g/mol. The molecule has 4 heteroatoms. The summed E-state index contributed by atoms with van der Waals surface area (Å²) in [5.74, 6) is 0.313. The van der Waals surface area contributed by atoms with Gasteiger partial charge in [0, 0.05) is 28.8 Å². The third kappa shape index (κ3) is 2.04. The van der Waals surface area contributed by atoms with E-state index >= 15 is 0 Å². The van der Waals surface area contributed by atoms with Crippen LogP contribution in [0.4, 0.5) is 0 Å². The summed E-state index contributed by atoms with van der Waals surface area (Å²) in [6, 6.07) is 8.33. The number of aromatic nitrogens is 1. The summed E-state index contributed by atoms with van der Waals surface area (Å²) in [7, 11) is 0. The second-order valence-corrected chi connectivity index (χ2v) is 6.35. The zero-order valence-electron chi connectivity index (χ0n) is 12.0. The Balaban J connectivity index is 1.92. The Morgan fingerprint density at radius 3 is 2.85 bits per heavy atom. The third-order valence-corrected chi connectivity index (χ3v) is 5.44. The lowest BCUT2D eigenvalue weighted by atomic mass is 9.85. The van der Waals surface area contributed by atoms with Crippen LogP contribution in [0.5, 0.6) is 0 Å². The summed E-state index contributed by atoms with van der Waals surface area (Å²) in [4.78, 5) is 12.4. The van der Waals surface area contributed by atoms with E-state index in [2.05, 4.69) is 49.1 Å². The molecular weight excluding hydrogens is 268 g/mol. The molecule has 3 heterocycles. The van der Waals surface area contributed by atoms with Gasteiger partial charge in [0.25, 0.3) is 0 Å². The number of hydrogen-bond donors (Lipinski definition) is 0. The van der Waals surface area contributed by atoms with Gasteiger partial charge in [-0.3, -0.25) is 4.98 Å². The number of thiophene rings is 1. The van der Waals surface area contributed by atoms with Crippen molar-refractivity contribution in [1.29, 1.82) is 0 Å².